The molecule has 1 aromatic carbocycles. The van der Waals surface area contributed by atoms with Gasteiger partial charge < -0.3 is 4.74 Å². The van der Waals surface area contributed by atoms with E-state index in [1.165, 1.54) is 19.2 Å². The number of carbonyl (C=O) groups is 1. The summed E-state index contributed by atoms with van der Waals surface area (Å²) in [6, 6.07) is 4.29. The first kappa shape index (κ1) is 11.7. The molecule has 0 N–H and O–H groups in total. The van der Waals surface area contributed by atoms with Crippen molar-refractivity contribution < 1.29 is 14.5 Å². The number of nitro groups is 1. The van der Waals surface area contributed by atoms with Gasteiger partial charge in [-0.1, -0.05) is 12.0 Å². The zero-order valence-electron chi connectivity index (χ0n) is 8.81. The predicted molar refractivity (Wildman–Crippen MR) is 56.7 cm³/mol. The molecule has 82 valence electrons. The summed E-state index contributed by atoms with van der Waals surface area (Å²) in [7, 11) is 1.22. The largest absolute Gasteiger partial charge is 0.459 e. The lowest BCUT2D eigenvalue weighted by Crippen LogP contribution is -1.95. The van der Waals surface area contributed by atoms with E-state index in [9.17, 15) is 14.9 Å². The number of nitrogens with zero attached hydrogens (tertiary/aromatic N) is 1. The molecule has 5 nitrogen and oxygen atoms in total. The second-order valence-corrected chi connectivity index (χ2v) is 3.00. The van der Waals surface area contributed by atoms with E-state index in [-0.39, 0.29) is 5.69 Å². The first-order chi connectivity index (χ1) is 7.54. The maximum absolute atomic E-state index is 10.8. The molecule has 1 aromatic rings. The summed E-state index contributed by atoms with van der Waals surface area (Å²) < 4.78 is 4.34. The van der Waals surface area contributed by atoms with Crippen molar-refractivity contribution in [3.63, 3.8) is 0 Å². The molecule has 0 aromatic heterocycles. The van der Waals surface area contributed by atoms with Gasteiger partial charge in [-0.25, -0.2) is 4.79 Å². The third kappa shape index (κ3) is 2.82. The molecule has 5 heteroatoms. The van der Waals surface area contributed by atoms with Crippen LogP contribution >= 0.6 is 0 Å². The van der Waals surface area contributed by atoms with Crippen molar-refractivity contribution in [3.8, 4) is 11.8 Å². The van der Waals surface area contributed by atoms with E-state index in [4.69, 9.17) is 0 Å². The van der Waals surface area contributed by atoms with E-state index in [0.29, 0.717) is 5.56 Å². The van der Waals surface area contributed by atoms with E-state index in [0.717, 1.165) is 5.56 Å². The Bertz CT molecular complexity index is 496. The second-order valence-electron chi connectivity index (χ2n) is 3.00. The van der Waals surface area contributed by atoms with Crippen LogP contribution in [-0.4, -0.2) is 18.0 Å². The molecule has 0 saturated carbocycles. The van der Waals surface area contributed by atoms with E-state index >= 15 is 0 Å². The number of aryl methyl sites for hydroxylation is 1. The number of hydrogen-bond donors (Lipinski definition) is 0. The molecule has 0 heterocycles. The van der Waals surface area contributed by atoms with Gasteiger partial charge in [0.05, 0.1) is 12.0 Å². The number of methoxy groups -OCH3 is 1. The van der Waals surface area contributed by atoms with Gasteiger partial charge in [-0.05, 0) is 12.5 Å². The lowest BCUT2D eigenvalue weighted by Gasteiger charge is -1.97. The van der Waals surface area contributed by atoms with Crippen LogP contribution in [0.3, 0.4) is 0 Å². The molecule has 0 fully saturated rings. The van der Waals surface area contributed by atoms with E-state index in [2.05, 4.69) is 16.6 Å². The van der Waals surface area contributed by atoms with E-state index in [1.807, 2.05) is 0 Å². The molecule has 0 aliphatic heterocycles. The monoisotopic (exact) mass is 219 g/mol. The molecule has 0 bridgehead atoms. The van der Waals surface area contributed by atoms with Crippen LogP contribution < -0.4 is 0 Å². The minimum Gasteiger partial charge on any atom is -0.459 e. The highest BCUT2D eigenvalue weighted by molar-refractivity contribution is 5.89. The highest BCUT2D eigenvalue weighted by Crippen LogP contribution is 2.16. The summed E-state index contributed by atoms with van der Waals surface area (Å²) in [4.78, 5) is 20.8. The third-order valence-electron chi connectivity index (χ3n) is 1.92. The topological polar surface area (TPSA) is 69.4 Å². The van der Waals surface area contributed by atoms with Crippen LogP contribution in [0.15, 0.2) is 18.2 Å². The molecule has 0 spiro atoms. The summed E-state index contributed by atoms with van der Waals surface area (Å²) in [5.41, 5.74) is 1.15. The number of benzene rings is 1. The van der Waals surface area contributed by atoms with Crippen LogP contribution in [0.4, 0.5) is 5.69 Å². The van der Waals surface area contributed by atoms with Gasteiger partial charge in [0.15, 0.2) is 0 Å². The van der Waals surface area contributed by atoms with Gasteiger partial charge >= 0.3 is 5.97 Å². The van der Waals surface area contributed by atoms with Crippen molar-refractivity contribution in [1.29, 1.82) is 0 Å². The normalized spacial score (nSPS) is 8.88. The van der Waals surface area contributed by atoms with E-state index in [1.54, 1.807) is 13.0 Å². The quantitative estimate of drug-likeness (QED) is 0.310. The summed E-state index contributed by atoms with van der Waals surface area (Å²) in [5.74, 6) is 4.08. The van der Waals surface area contributed by atoms with Gasteiger partial charge in [0.2, 0.25) is 0 Å². The Kier molecular flexibility index (Phi) is 3.62. The molecule has 0 amide bonds. The van der Waals surface area contributed by atoms with Crippen LogP contribution in [-0.2, 0) is 9.53 Å². The van der Waals surface area contributed by atoms with Crippen molar-refractivity contribution in [1.82, 2.24) is 0 Å². The highest BCUT2D eigenvalue weighted by atomic mass is 16.6. The molecule has 0 saturated heterocycles. The smallest absolute Gasteiger partial charge is 0.384 e. The average Bonchev–Trinajstić information content (AvgIpc) is 2.27. The Morgan fingerprint density at radius 3 is 2.75 bits per heavy atom. The zero-order chi connectivity index (χ0) is 12.1. The lowest BCUT2D eigenvalue weighted by atomic mass is 10.1. The Labute approximate surface area is 92.2 Å². The second kappa shape index (κ2) is 4.94. The Morgan fingerprint density at radius 1 is 1.50 bits per heavy atom. The van der Waals surface area contributed by atoms with Crippen LogP contribution in [0.25, 0.3) is 0 Å². The van der Waals surface area contributed by atoms with Gasteiger partial charge in [0.25, 0.3) is 5.69 Å². The molecule has 0 aliphatic carbocycles. The maximum atomic E-state index is 10.8. The van der Waals surface area contributed by atoms with Gasteiger partial charge in [-0.3, -0.25) is 10.1 Å². The minimum atomic E-state index is -0.675. The highest BCUT2D eigenvalue weighted by Gasteiger charge is 2.06. The summed E-state index contributed by atoms with van der Waals surface area (Å²) >= 11 is 0. The number of esters is 1. The van der Waals surface area contributed by atoms with Gasteiger partial charge in [0.1, 0.15) is 0 Å². The van der Waals surface area contributed by atoms with Crippen molar-refractivity contribution in [2.45, 2.75) is 6.92 Å². The van der Waals surface area contributed by atoms with E-state index < -0.39 is 10.9 Å². The van der Waals surface area contributed by atoms with Crippen LogP contribution in [0.2, 0.25) is 0 Å². The minimum absolute atomic E-state index is 0.0558. The fourth-order valence-electron chi connectivity index (χ4n) is 1.03. The van der Waals surface area contributed by atoms with Gasteiger partial charge in [-0.2, -0.15) is 0 Å². The molecular weight excluding hydrogens is 210 g/mol. The zero-order valence-corrected chi connectivity index (χ0v) is 8.81. The maximum Gasteiger partial charge on any atom is 0.384 e. The number of carbonyl (C=O) groups excluding carboxylic acids is 1. The molecule has 16 heavy (non-hydrogen) atoms. The van der Waals surface area contributed by atoms with Crippen molar-refractivity contribution >= 4 is 11.7 Å². The molecule has 0 atom stereocenters. The SMILES string of the molecule is COC(=O)C#Cc1cc([N+](=O)[O-])ccc1C. The standard InChI is InChI=1S/C11H9NO4/c1-8-3-5-10(12(14)15)7-9(8)4-6-11(13)16-2/h3,5,7H,1-2H3. The van der Waals surface area contributed by atoms with Crippen molar-refractivity contribution in [2.24, 2.45) is 0 Å². The first-order valence-corrected chi connectivity index (χ1v) is 4.39. The summed E-state index contributed by atoms with van der Waals surface area (Å²) in [5, 5.41) is 10.5. The number of hydrogen-bond acceptors (Lipinski definition) is 4. The predicted octanol–water partition coefficient (Wildman–Crippen LogP) is 1.43. The molecule has 0 aliphatic rings. The Balaban J connectivity index is 3.11. The Morgan fingerprint density at radius 2 is 2.19 bits per heavy atom. The number of non-ortho nitro benzene ring substituents is 1. The Hall–Kier alpha value is -2.35. The third-order valence-corrected chi connectivity index (χ3v) is 1.92. The fourth-order valence-corrected chi connectivity index (χ4v) is 1.03. The van der Waals surface area contributed by atoms with Crippen LogP contribution in [0.5, 0.6) is 0 Å². The number of ether oxygens (including phenoxy) is 1. The van der Waals surface area contributed by atoms with Gasteiger partial charge in [0, 0.05) is 23.6 Å². The molecule has 1 rings (SSSR count). The van der Waals surface area contributed by atoms with Gasteiger partial charge in [-0.15, -0.1) is 0 Å². The lowest BCUT2D eigenvalue weighted by molar-refractivity contribution is -0.384. The molecule has 0 radical (unpaired) electrons. The van der Waals surface area contributed by atoms with Crippen LogP contribution in [0.1, 0.15) is 11.1 Å². The first-order valence-electron chi connectivity index (χ1n) is 4.39. The van der Waals surface area contributed by atoms with Crippen molar-refractivity contribution in [3.05, 3.63) is 39.4 Å². The fraction of sp³-hybridized carbons (Fsp3) is 0.182. The summed E-state index contributed by atoms with van der Waals surface area (Å²) in [6.45, 7) is 1.75. The van der Waals surface area contributed by atoms with Crippen LogP contribution in [0, 0.1) is 28.9 Å². The number of rotatable bonds is 1. The number of nitro benzene ring substituents is 1. The van der Waals surface area contributed by atoms with Crippen molar-refractivity contribution in [2.75, 3.05) is 7.11 Å². The summed E-state index contributed by atoms with van der Waals surface area (Å²) in [6.07, 6.45) is 0. The molecular formula is C11H9NO4. The average molecular weight is 219 g/mol. The molecule has 0 unspecified atom stereocenters.